The molecule has 7 aromatic carbocycles. The van der Waals surface area contributed by atoms with Gasteiger partial charge in [-0.25, -0.2) is 15.0 Å². The number of aromatic nitrogens is 5. The molecule has 0 radical (unpaired) electrons. The first-order chi connectivity index (χ1) is 30.1. The predicted octanol–water partition coefficient (Wildman–Crippen LogP) is 14.1. The summed E-state index contributed by atoms with van der Waals surface area (Å²) in [7, 11) is 0. The molecular weight excluding hydrogens is 743 g/mol. The van der Waals surface area contributed by atoms with Crippen molar-refractivity contribution in [1.29, 1.82) is 0 Å². The molecule has 0 saturated heterocycles. The van der Waals surface area contributed by atoms with Crippen LogP contribution in [0.4, 0.5) is 0 Å². The summed E-state index contributed by atoms with van der Waals surface area (Å²) in [4.78, 5) is 24.9. The van der Waals surface area contributed by atoms with Crippen LogP contribution in [0, 0.1) is 6.92 Å². The van der Waals surface area contributed by atoms with Gasteiger partial charge in [0.15, 0.2) is 5.82 Å². The minimum atomic E-state index is 0.675. The summed E-state index contributed by atoms with van der Waals surface area (Å²) in [5, 5.41) is 4.42. The molecular formula is C56H37N5. The molecule has 0 aliphatic rings. The standard InChI is InChI=1S/C56H37N5/c1-36-21-22-41-27-28-49-50(33-51(38-11-4-2-5-12-38)59-55(49)54(41)58-36)44-17-8-15-42(31-44)37-23-25-40(26-24-37)53-34-52(39-13-6-3-7-14-39)60-56(61-53)45-18-9-16-43(32-45)47-20-10-19-46-35-57-30-29-48(46)47/h2-35H,1H3. The van der Waals surface area contributed by atoms with E-state index in [1.807, 2.05) is 43.6 Å². The quantitative estimate of drug-likeness (QED) is 0.151. The summed E-state index contributed by atoms with van der Waals surface area (Å²) >= 11 is 0. The Kier molecular flexibility index (Phi) is 8.98. The van der Waals surface area contributed by atoms with Crippen molar-refractivity contribution in [2.45, 2.75) is 6.92 Å². The molecule has 11 aromatic rings. The van der Waals surface area contributed by atoms with Gasteiger partial charge in [0.05, 0.1) is 28.1 Å². The Hall–Kier alpha value is -8.15. The minimum Gasteiger partial charge on any atom is -0.264 e. The number of benzene rings is 7. The molecule has 286 valence electrons. The van der Waals surface area contributed by atoms with Crippen LogP contribution in [0.3, 0.4) is 0 Å². The summed E-state index contributed by atoms with van der Waals surface area (Å²) in [6.45, 7) is 2.03. The molecule has 61 heavy (non-hydrogen) atoms. The number of hydrogen-bond donors (Lipinski definition) is 0. The van der Waals surface area contributed by atoms with Gasteiger partial charge >= 0.3 is 0 Å². The normalized spacial score (nSPS) is 11.4. The van der Waals surface area contributed by atoms with E-state index in [0.29, 0.717) is 5.82 Å². The first kappa shape index (κ1) is 36.0. The fourth-order valence-corrected chi connectivity index (χ4v) is 8.35. The summed E-state index contributed by atoms with van der Waals surface area (Å²) in [5.41, 5.74) is 16.3. The SMILES string of the molecule is Cc1ccc2ccc3c(-c4cccc(-c5ccc(-c6cc(-c7ccccc7)nc(-c7cccc(-c8cccc9cnccc89)c7)n6)cc5)c4)cc(-c4ccccc4)nc3c2n1. The van der Waals surface area contributed by atoms with Crippen LogP contribution in [0.5, 0.6) is 0 Å². The van der Waals surface area contributed by atoms with E-state index in [4.69, 9.17) is 19.9 Å². The van der Waals surface area contributed by atoms with E-state index in [1.165, 1.54) is 0 Å². The van der Waals surface area contributed by atoms with Crippen LogP contribution in [0.2, 0.25) is 0 Å². The van der Waals surface area contributed by atoms with Crippen LogP contribution >= 0.6 is 0 Å². The Balaban J connectivity index is 0.984. The number of nitrogens with zero attached hydrogens (tertiary/aromatic N) is 5. The Morgan fingerprint density at radius 2 is 0.918 bits per heavy atom. The van der Waals surface area contributed by atoms with E-state index in [-0.39, 0.29) is 0 Å². The zero-order chi connectivity index (χ0) is 40.7. The molecule has 0 aliphatic heterocycles. The Morgan fingerprint density at radius 3 is 1.67 bits per heavy atom. The third-order valence-corrected chi connectivity index (χ3v) is 11.4. The molecule has 0 N–H and O–H groups in total. The average Bonchev–Trinajstić information content (AvgIpc) is 3.34. The maximum Gasteiger partial charge on any atom is 0.160 e. The molecule has 0 unspecified atom stereocenters. The predicted molar refractivity (Wildman–Crippen MR) is 251 cm³/mol. The van der Waals surface area contributed by atoms with Gasteiger partial charge in [-0.1, -0.05) is 158 Å². The highest BCUT2D eigenvalue weighted by Crippen LogP contribution is 2.38. The summed E-state index contributed by atoms with van der Waals surface area (Å²) in [5.74, 6) is 0.675. The van der Waals surface area contributed by atoms with E-state index < -0.39 is 0 Å². The lowest BCUT2D eigenvalue weighted by Gasteiger charge is -2.14. The van der Waals surface area contributed by atoms with Gasteiger partial charge in [-0.3, -0.25) is 9.97 Å². The molecule has 11 rings (SSSR count). The molecule has 0 fully saturated rings. The van der Waals surface area contributed by atoms with E-state index >= 15 is 0 Å². The van der Waals surface area contributed by atoms with Crippen molar-refractivity contribution < 1.29 is 0 Å². The molecule has 4 heterocycles. The van der Waals surface area contributed by atoms with Crippen LogP contribution < -0.4 is 0 Å². The number of pyridine rings is 3. The summed E-state index contributed by atoms with van der Waals surface area (Å²) in [6, 6.07) is 68.0. The molecule has 5 heteroatoms. The topological polar surface area (TPSA) is 64.5 Å². The van der Waals surface area contributed by atoms with Gasteiger partial charge in [-0.15, -0.1) is 0 Å². The molecule has 0 aliphatic carbocycles. The fraction of sp³-hybridized carbons (Fsp3) is 0.0179. The highest BCUT2D eigenvalue weighted by Gasteiger charge is 2.16. The number of rotatable bonds is 7. The van der Waals surface area contributed by atoms with Gasteiger partial charge in [0, 0.05) is 56.5 Å². The number of aryl methyl sites for hydroxylation is 1. The Morgan fingerprint density at radius 1 is 0.328 bits per heavy atom. The molecule has 0 saturated carbocycles. The third-order valence-electron chi connectivity index (χ3n) is 11.4. The van der Waals surface area contributed by atoms with Crippen LogP contribution in [-0.2, 0) is 0 Å². The highest BCUT2D eigenvalue weighted by atomic mass is 14.9. The number of fused-ring (bicyclic) bond motifs is 4. The van der Waals surface area contributed by atoms with E-state index in [2.05, 4.69) is 175 Å². The maximum atomic E-state index is 5.22. The van der Waals surface area contributed by atoms with Gasteiger partial charge in [0.1, 0.15) is 0 Å². The zero-order valence-electron chi connectivity index (χ0n) is 33.4. The summed E-state index contributed by atoms with van der Waals surface area (Å²) < 4.78 is 0. The average molecular weight is 780 g/mol. The second-order valence-electron chi connectivity index (χ2n) is 15.4. The second kappa shape index (κ2) is 15.2. The van der Waals surface area contributed by atoms with Gasteiger partial charge in [-0.05, 0) is 82.1 Å². The fourth-order valence-electron chi connectivity index (χ4n) is 8.35. The maximum absolute atomic E-state index is 5.22. The van der Waals surface area contributed by atoms with E-state index in [1.54, 1.807) is 0 Å². The van der Waals surface area contributed by atoms with Crippen molar-refractivity contribution >= 4 is 32.6 Å². The van der Waals surface area contributed by atoms with Crippen LogP contribution in [0.1, 0.15) is 5.69 Å². The second-order valence-corrected chi connectivity index (χ2v) is 15.4. The lowest BCUT2D eigenvalue weighted by molar-refractivity contribution is 1.18. The molecule has 0 spiro atoms. The van der Waals surface area contributed by atoms with Crippen molar-refractivity contribution in [3.8, 4) is 78.5 Å². The summed E-state index contributed by atoms with van der Waals surface area (Å²) in [6.07, 6.45) is 3.76. The highest BCUT2D eigenvalue weighted by molar-refractivity contribution is 6.09. The smallest absolute Gasteiger partial charge is 0.160 e. The first-order valence-corrected chi connectivity index (χ1v) is 20.5. The molecule has 0 atom stereocenters. The molecule has 0 amide bonds. The van der Waals surface area contributed by atoms with Crippen molar-refractivity contribution in [1.82, 2.24) is 24.9 Å². The van der Waals surface area contributed by atoms with Crippen molar-refractivity contribution in [3.05, 3.63) is 212 Å². The van der Waals surface area contributed by atoms with E-state index in [9.17, 15) is 0 Å². The Bertz CT molecular complexity index is 3410. The molecule has 0 bridgehead atoms. The molecule has 5 nitrogen and oxygen atoms in total. The number of hydrogen-bond acceptors (Lipinski definition) is 5. The monoisotopic (exact) mass is 779 g/mol. The van der Waals surface area contributed by atoms with Crippen molar-refractivity contribution in [3.63, 3.8) is 0 Å². The van der Waals surface area contributed by atoms with Crippen molar-refractivity contribution in [2.75, 3.05) is 0 Å². The van der Waals surface area contributed by atoms with Crippen LogP contribution in [0.15, 0.2) is 207 Å². The van der Waals surface area contributed by atoms with E-state index in [0.717, 1.165) is 111 Å². The zero-order valence-corrected chi connectivity index (χ0v) is 33.4. The van der Waals surface area contributed by atoms with Gasteiger partial charge < -0.3 is 0 Å². The third kappa shape index (κ3) is 6.88. The minimum absolute atomic E-state index is 0.675. The molecule has 4 aromatic heterocycles. The van der Waals surface area contributed by atoms with Gasteiger partial charge in [0.25, 0.3) is 0 Å². The lowest BCUT2D eigenvalue weighted by atomic mass is 9.94. The Labute approximate surface area is 353 Å². The van der Waals surface area contributed by atoms with Gasteiger partial charge in [-0.2, -0.15) is 0 Å². The first-order valence-electron chi connectivity index (χ1n) is 20.5. The van der Waals surface area contributed by atoms with Crippen molar-refractivity contribution in [2.24, 2.45) is 0 Å². The van der Waals surface area contributed by atoms with Gasteiger partial charge in [0.2, 0.25) is 0 Å². The lowest BCUT2D eigenvalue weighted by Crippen LogP contribution is -1.96. The largest absolute Gasteiger partial charge is 0.264 e. The van der Waals surface area contributed by atoms with Crippen LogP contribution in [-0.4, -0.2) is 24.9 Å². The van der Waals surface area contributed by atoms with Crippen LogP contribution in [0.25, 0.3) is 111 Å².